The first kappa shape index (κ1) is 61.5. The van der Waals surface area contributed by atoms with Gasteiger partial charge in [0.2, 0.25) is 5.91 Å². The Morgan fingerprint density at radius 3 is 1.29 bits per heavy atom. The number of nitrogens with zero attached hydrogens (tertiary/aromatic N) is 1. The number of aliphatic hydroxyl groups excluding tert-OH is 5. The fourth-order valence-corrected chi connectivity index (χ4v) is 8.88. The van der Waals surface area contributed by atoms with Gasteiger partial charge < -0.3 is 50.0 Å². The lowest BCUT2D eigenvalue weighted by atomic mass is 9.98. The maximum absolute atomic E-state index is 13.2. The standard InChI is InChI=1S/C53H104N2O10/c1-5-7-9-11-13-15-17-19-20-21-22-23-24-25-26-27-28-29-31-33-35-37-39-41-47(57)54-44(48(58)45(56)40-38-36-34-32-30-18-16-14-12-10-8-6-2)42-63-52-51(61)50(60)49(59)46(65-52)43-64-53(62)55(3)4/h44-46,48-52,56,58-61H,5-43H2,1-4H3,(H,54,57)/t44-,45+,46+,48-,49-,50-,51+,52-/m0/s1. The van der Waals surface area contributed by atoms with E-state index in [1.807, 2.05) is 0 Å². The van der Waals surface area contributed by atoms with E-state index >= 15 is 0 Å². The quantitative estimate of drug-likeness (QED) is 0.0322. The van der Waals surface area contributed by atoms with Crippen LogP contribution in [0.2, 0.25) is 0 Å². The van der Waals surface area contributed by atoms with Gasteiger partial charge in [0.05, 0.1) is 18.8 Å². The normalized spacial score (nSPS) is 20.1. The van der Waals surface area contributed by atoms with Gasteiger partial charge >= 0.3 is 6.09 Å². The Kier molecular flexibility index (Phi) is 40.2. The van der Waals surface area contributed by atoms with Gasteiger partial charge in [0, 0.05) is 20.5 Å². The molecule has 0 aromatic carbocycles. The summed E-state index contributed by atoms with van der Waals surface area (Å²) >= 11 is 0. The Hall–Kier alpha value is -1.54. The topological polar surface area (TPSA) is 178 Å². The lowest BCUT2D eigenvalue weighted by molar-refractivity contribution is -0.303. The molecule has 1 aliphatic heterocycles. The molecule has 0 spiro atoms. The van der Waals surface area contributed by atoms with Gasteiger partial charge in [-0.2, -0.15) is 0 Å². The molecular weight excluding hydrogens is 825 g/mol. The zero-order valence-corrected chi connectivity index (χ0v) is 42.4. The maximum atomic E-state index is 13.2. The van der Waals surface area contributed by atoms with Crippen LogP contribution in [0.3, 0.4) is 0 Å². The fourth-order valence-electron chi connectivity index (χ4n) is 8.88. The molecule has 0 aromatic rings. The molecule has 0 radical (unpaired) electrons. The van der Waals surface area contributed by atoms with E-state index in [-0.39, 0.29) is 18.9 Å². The van der Waals surface area contributed by atoms with Gasteiger partial charge in [0.15, 0.2) is 6.29 Å². The number of unbranched alkanes of at least 4 members (excludes halogenated alkanes) is 33. The van der Waals surface area contributed by atoms with Crippen molar-refractivity contribution in [3.63, 3.8) is 0 Å². The molecule has 0 unspecified atom stereocenters. The summed E-state index contributed by atoms with van der Waals surface area (Å²) in [6.45, 7) is 3.78. The third kappa shape index (κ3) is 32.8. The van der Waals surface area contributed by atoms with Crippen molar-refractivity contribution in [1.82, 2.24) is 10.2 Å². The minimum Gasteiger partial charge on any atom is -0.447 e. The van der Waals surface area contributed by atoms with Crippen molar-refractivity contribution in [2.45, 2.75) is 300 Å². The van der Waals surface area contributed by atoms with Crippen molar-refractivity contribution in [2.75, 3.05) is 27.3 Å². The molecule has 2 amide bonds. The third-order valence-corrected chi connectivity index (χ3v) is 13.4. The van der Waals surface area contributed by atoms with Crippen molar-refractivity contribution < 1.29 is 49.3 Å². The molecule has 0 aliphatic carbocycles. The van der Waals surface area contributed by atoms with E-state index in [0.29, 0.717) is 12.8 Å². The average molecular weight is 929 g/mol. The molecule has 1 heterocycles. The van der Waals surface area contributed by atoms with Crippen molar-refractivity contribution in [3.05, 3.63) is 0 Å². The molecule has 1 aliphatic rings. The predicted octanol–water partition coefficient (Wildman–Crippen LogP) is 11.2. The van der Waals surface area contributed by atoms with Crippen LogP contribution < -0.4 is 5.32 Å². The van der Waals surface area contributed by atoms with E-state index in [2.05, 4.69) is 19.2 Å². The lowest BCUT2D eigenvalue weighted by Crippen LogP contribution is -2.60. The van der Waals surface area contributed by atoms with E-state index < -0.39 is 61.7 Å². The lowest BCUT2D eigenvalue weighted by Gasteiger charge is -2.40. The monoisotopic (exact) mass is 929 g/mol. The first-order valence-electron chi connectivity index (χ1n) is 27.3. The van der Waals surface area contributed by atoms with Crippen LogP contribution in [0.15, 0.2) is 0 Å². The summed E-state index contributed by atoms with van der Waals surface area (Å²) in [5.74, 6) is -0.271. The van der Waals surface area contributed by atoms with E-state index in [4.69, 9.17) is 14.2 Å². The fraction of sp³-hybridized carbons (Fsp3) is 0.962. The molecule has 0 saturated carbocycles. The smallest absolute Gasteiger partial charge is 0.409 e. The van der Waals surface area contributed by atoms with Crippen LogP contribution in [-0.2, 0) is 19.0 Å². The number of amides is 2. The van der Waals surface area contributed by atoms with Crippen LogP contribution >= 0.6 is 0 Å². The van der Waals surface area contributed by atoms with E-state index in [0.717, 1.165) is 44.9 Å². The number of hydrogen-bond acceptors (Lipinski definition) is 10. The molecule has 8 atom stereocenters. The van der Waals surface area contributed by atoms with Crippen LogP contribution in [-0.4, -0.2) is 119 Å². The van der Waals surface area contributed by atoms with Crippen LogP contribution in [0.5, 0.6) is 0 Å². The molecule has 1 saturated heterocycles. The zero-order chi connectivity index (χ0) is 47.8. The highest BCUT2D eigenvalue weighted by Gasteiger charge is 2.45. The summed E-state index contributed by atoms with van der Waals surface area (Å²) in [7, 11) is 3.00. The second-order valence-electron chi connectivity index (χ2n) is 19.8. The predicted molar refractivity (Wildman–Crippen MR) is 264 cm³/mol. The van der Waals surface area contributed by atoms with Gasteiger partial charge in [-0.1, -0.05) is 232 Å². The number of carbonyl (C=O) groups is 2. The Labute approximate surface area is 398 Å². The average Bonchev–Trinajstić information content (AvgIpc) is 3.29. The van der Waals surface area contributed by atoms with Gasteiger partial charge in [-0.05, 0) is 12.8 Å². The third-order valence-electron chi connectivity index (χ3n) is 13.4. The highest BCUT2D eigenvalue weighted by molar-refractivity contribution is 5.76. The zero-order valence-electron chi connectivity index (χ0n) is 42.4. The maximum Gasteiger partial charge on any atom is 0.409 e. The second-order valence-corrected chi connectivity index (χ2v) is 19.8. The highest BCUT2D eigenvalue weighted by Crippen LogP contribution is 2.24. The van der Waals surface area contributed by atoms with Gasteiger partial charge in [0.25, 0.3) is 0 Å². The van der Waals surface area contributed by atoms with Crippen molar-refractivity contribution >= 4 is 12.0 Å². The van der Waals surface area contributed by atoms with Crippen LogP contribution in [0.4, 0.5) is 4.79 Å². The Balaban J connectivity index is 2.41. The number of aliphatic hydroxyl groups is 5. The van der Waals surface area contributed by atoms with Gasteiger partial charge in [-0.25, -0.2) is 4.79 Å². The van der Waals surface area contributed by atoms with Gasteiger partial charge in [-0.3, -0.25) is 4.79 Å². The first-order chi connectivity index (χ1) is 31.5. The molecule has 6 N–H and O–H groups in total. The molecule has 1 fully saturated rings. The minimum atomic E-state index is -1.66. The van der Waals surface area contributed by atoms with Gasteiger partial charge in [-0.15, -0.1) is 0 Å². The van der Waals surface area contributed by atoms with Crippen molar-refractivity contribution in [1.29, 1.82) is 0 Å². The minimum absolute atomic E-state index is 0.268. The number of hydrogen-bond donors (Lipinski definition) is 6. The molecule has 12 nitrogen and oxygen atoms in total. The first-order valence-corrected chi connectivity index (χ1v) is 27.3. The summed E-state index contributed by atoms with van der Waals surface area (Å²) in [4.78, 5) is 26.3. The number of ether oxygens (including phenoxy) is 3. The molecule has 0 bridgehead atoms. The summed E-state index contributed by atoms with van der Waals surface area (Å²) in [6, 6.07) is -1.02. The van der Waals surface area contributed by atoms with E-state index in [1.54, 1.807) is 0 Å². The number of nitrogens with one attached hydrogen (secondary N) is 1. The van der Waals surface area contributed by atoms with Crippen LogP contribution in [0.25, 0.3) is 0 Å². The van der Waals surface area contributed by atoms with Crippen molar-refractivity contribution in [3.8, 4) is 0 Å². The number of carbonyl (C=O) groups excluding carboxylic acids is 2. The Bertz CT molecular complexity index is 1090. The molecular formula is C53H104N2O10. The van der Waals surface area contributed by atoms with E-state index in [1.165, 1.54) is 192 Å². The molecule has 1 rings (SSSR count). The molecule has 12 heteroatoms. The molecule has 0 aromatic heterocycles. The number of rotatable bonds is 45. The molecule has 386 valence electrons. The van der Waals surface area contributed by atoms with Crippen LogP contribution in [0.1, 0.15) is 251 Å². The molecule has 65 heavy (non-hydrogen) atoms. The Morgan fingerprint density at radius 1 is 0.538 bits per heavy atom. The summed E-state index contributed by atoms with van der Waals surface area (Å²) in [6.07, 6.45) is 34.1. The van der Waals surface area contributed by atoms with Gasteiger partial charge in [0.1, 0.15) is 37.1 Å². The summed E-state index contributed by atoms with van der Waals surface area (Å²) in [5.41, 5.74) is 0. The van der Waals surface area contributed by atoms with Crippen molar-refractivity contribution in [2.24, 2.45) is 0 Å². The Morgan fingerprint density at radius 2 is 0.908 bits per heavy atom. The second kappa shape index (κ2) is 42.6. The van der Waals surface area contributed by atoms with Crippen LogP contribution in [0, 0.1) is 0 Å². The summed E-state index contributed by atoms with van der Waals surface area (Å²) in [5, 5.41) is 56.9. The van der Waals surface area contributed by atoms with E-state index in [9.17, 15) is 35.1 Å². The highest BCUT2D eigenvalue weighted by atomic mass is 16.7. The largest absolute Gasteiger partial charge is 0.447 e. The SMILES string of the molecule is CCCCCCCCCCCCCCCCCCCCCCCCCC(=O)N[C@@H](CO[C@H]1O[C@H](COC(=O)N(C)C)[C@H](O)[C@H](O)[C@H]1O)[C@H](O)[C@H](O)CCCCCCCCCCCCCC. The summed E-state index contributed by atoms with van der Waals surface area (Å²) < 4.78 is 16.7.